The Morgan fingerprint density at radius 3 is 1.83 bits per heavy atom. The Bertz CT molecular complexity index is 2280. The van der Waals surface area contributed by atoms with Crippen LogP contribution in [0.4, 0.5) is 5.69 Å². The minimum Gasteiger partial charge on any atom is -0.423 e. The molecule has 1 aliphatic rings. The van der Waals surface area contributed by atoms with Crippen molar-refractivity contribution in [3.05, 3.63) is 143 Å². The van der Waals surface area contributed by atoms with E-state index in [1.165, 1.54) is 24.3 Å². The van der Waals surface area contributed by atoms with Gasteiger partial charge in [-0.2, -0.15) is 5.10 Å². The van der Waals surface area contributed by atoms with Crippen LogP contribution >= 0.6 is 0 Å². The molecule has 6 rings (SSSR count). The first-order valence-electron chi connectivity index (χ1n) is 14.7. The van der Waals surface area contributed by atoms with E-state index in [9.17, 15) is 25.3 Å². The fraction of sp³-hybridized carbons (Fsp3) is 0.182. The number of hydrogen-bond acceptors (Lipinski definition) is 11. The molecule has 2 atom stereocenters. The Kier molecular flexibility index (Phi) is 9.04. The van der Waals surface area contributed by atoms with Crippen molar-refractivity contribution in [2.45, 2.75) is 41.5 Å². The quantitative estimate of drug-likeness (QED) is 0.207. The van der Waals surface area contributed by atoms with Crippen molar-refractivity contribution in [3.8, 4) is 0 Å². The van der Waals surface area contributed by atoms with Gasteiger partial charge in [0.25, 0.3) is 10.0 Å². The lowest BCUT2D eigenvalue weighted by atomic mass is 9.97. The number of aryl methyl sites for hydroxylation is 2. The molecule has 0 fully saturated rings. The Labute approximate surface area is 279 Å². The van der Waals surface area contributed by atoms with E-state index < -0.39 is 58.6 Å². The maximum absolute atomic E-state index is 14.4. The summed E-state index contributed by atoms with van der Waals surface area (Å²) >= 11 is 0. The van der Waals surface area contributed by atoms with Crippen LogP contribution in [-0.2, 0) is 41.4 Å². The first kappa shape index (κ1) is 33.2. The number of aromatic nitrogens is 2. The normalized spacial score (nSPS) is 17.0. The van der Waals surface area contributed by atoms with Crippen LogP contribution in [-0.4, -0.2) is 46.4 Å². The molecule has 0 aliphatic carbocycles. The van der Waals surface area contributed by atoms with E-state index in [0.29, 0.717) is 22.5 Å². The predicted molar refractivity (Wildman–Crippen MR) is 181 cm³/mol. The molecule has 1 aliphatic heterocycles. The van der Waals surface area contributed by atoms with Crippen LogP contribution in [0.5, 0.6) is 0 Å². The van der Waals surface area contributed by atoms with Crippen molar-refractivity contribution in [2.24, 2.45) is 5.10 Å². The van der Waals surface area contributed by atoms with Crippen LogP contribution in [0.15, 0.2) is 124 Å². The Morgan fingerprint density at radius 1 is 0.688 bits per heavy atom. The summed E-state index contributed by atoms with van der Waals surface area (Å²) in [5, 5.41) is 12.9. The number of hydrazone groups is 1. The fourth-order valence-corrected chi connectivity index (χ4v) is 10.1. The second kappa shape index (κ2) is 13.1. The van der Waals surface area contributed by atoms with Gasteiger partial charge >= 0.3 is 0 Å². The van der Waals surface area contributed by atoms with Gasteiger partial charge in [-0.15, -0.1) is 14.3 Å². The van der Waals surface area contributed by atoms with Crippen LogP contribution in [0.1, 0.15) is 40.1 Å². The van der Waals surface area contributed by atoms with Gasteiger partial charge in [0.15, 0.2) is 9.84 Å². The number of para-hydroxylation sites is 1. The molecule has 15 heteroatoms. The van der Waals surface area contributed by atoms with Gasteiger partial charge in [0.2, 0.25) is 21.8 Å². The second-order valence-electron chi connectivity index (χ2n) is 11.4. The molecular formula is C33H31N5O7S3. The maximum Gasteiger partial charge on any atom is 0.253 e. The van der Waals surface area contributed by atoms with E-state index in [1.807, 2.05) is 67.6 Å². The predicted octanol–water partition coefficient (Wildman–Crippen LogP) is 4.44. The number of anilines is 1. The Morgan fingerprint density at radius 2 is 1.23 bits per heavy atom. The lowest BCUT2D eigenvalue weighted by Crippen LogP contribution is -2.37. The molecule has 0 bridgehead atoms. The van der Waals surface area contributed by atoms with E-state index in [0.717, 1.165) is 11.1 Å². The molecule has 2 heterocycles. The highest BCUT2D eigenvalue weighted by atomic mass is 32.3. The number of nitrogens with one attached hydrogen (secondary N) is 1. The van der Waals surface area contributed by atoms with Crippen molar-refractivity contribution >= 4 is 41.3 Å². The lowest BCUT2D eigenvalue weighted by Gasteiger charge is -2.28. The van der Waals surface area contributed by atoms with Crippen LogP contribution in [0.2, 0.25) is 0 Å². The van der Waals surface area contributed by atoms with Crippen molar-refractivity contribution in [2.75, 3.05) is 5.01 Å². The van der Waals surface area contributed by atoms with Crippen LogP contribution in [0.3, 0.4) is 0 Å². The average Bonchev–Trinajstić information content (AvgIpc) is 3.66. The third kappa shape index (κ3) is 7.23. The number of nitrogens with zero attached hydrogens (tertiary/aromatic N) is 4. The number of hydrogen-bond donors (Lipinski definition) is 1. The molecule has 0 amide bonds. The molecule has 0 spiro atoms. The summed E-state index contributed by atoms with van der Waals surface area (Å²) in [5.41, 5.74) is 4.13. The molecule has 248 valence electrons. The first-order valence-corrected chi connectivity index (χ1v) is 19.6. The molecular weight excluding hydrogens is 675 g/mol. The highest BCUT2D eigenvalue weighted by molar-refractivity contribution is 8.04. The third-order valence-electron chi connectivity index (χ3n) is 7.65. The highest BCUT2D eigenvalue weighted by Gasteiger charge is 2.48. The molecule has 1 aromatic heterocycles. The number of sulfonamides is 2. The maximum atomic E-state index is 14.4. The molecule has 0 radical (unpaired) electrons. The molecule has 12 nitrogen and oxygen atoms in total. The summed E-state index contributed by atoms with van der Waals surface area (Å²) in [5.74, 6) is -2.54. The van der Waals surface area contributed by atoms with E-state index in [4.69, 9.17) is 9.52 Å². The zero-order chi connectivity index (χ0) is 34.1. The monoisotopic (exact) mass is 705 g/mol. The third-order valence-corrected chi connectivity index (χ3v) is 13.0. The SMILES string of the molecule is Cc1ccc(C2C(S(=O)(=O)Cc3nnc(CS(=O)(=O)NS(=O)(=O)c4ccc(C)cc4)o3)C(c3ccccc3)=NN2c2ccccc2)cc1. The average molecular weight is 706 g/mol. The molecule has 48 heavy (non-hydrogen) atoms. The van der Waals surface area contributed by atoms with Gasteiger partial charge in [0, 0.05) is 0 Å². The van der Waals surface area contributed by atoms with Crippen LogP contribution in [0, 0.1) is 13.8 Å². The van der Waals surface area contributed by atoms with Gasteiger partial charge in [0.1, 0.15) is 22.8 Å². The smallest absolute Gasteiger partial charge is 0.253 e. The standard InChI is InChI=1S/C33H31N5O7S3/c1-23-13-17-26(18-14-23)32-33(31(25-9-5-3-6-10-25)36-38(32)27-11-7-4-8-12-27)46(39,40)21-29-34-35-30(45-29)22-47(41,42)37-48(43,44)28-19-15-24(2)16-20-28/h3-20,32-33,37H,21-22H2,1-2H3. The van der Waals surface area contributed by atoms with Gasteiger partial charge in [-0.1, -0.05) is 96.1 Å². The van der Waals surface area contributed by atoms with Crippen molar-refractivity contribution in [3.63, 3.8) is 0 Å². The molecule has 5 aromatic rings. The van der Waals surface area contributed by atoms with E-state index >= 15 is 0 Å². The molecule has 0 saturated carbocycles. The lowest BCUT2D eigenvalue weighted by molar-refractivity contribution is 0.471. The molecule has 1 N–H and O–H groups in total. The topological polar surface area (TPSA) is 169 Å². The van der Waals surface area contributed by atoms with Crippen molar-refractivity contribution < 1.29 is 29.7 Å². The number of benzene rings is 4. The summed E-state index contributed by atoms with van der Waals surface area (Å²) in [7, 11) is -13.1. The zero-order valence-electron chi connectivity index (χ0n) is 25.8. The minimum absolute atomic E-state index is 0.242. The van der Waals surface area contributed by atoms with Crippen molar-refractivity contribution in [1.29, 1.82) is 0 Å². The van der Waals surface area contributed by atoms with Gasteiger partial charge < -0.3 is 4.42 Å². The number of rotatable bonds is 11. The molecule has 2 unspecified atom stereocenters. The summed E-state index contributed by atoms with van der Waals surface area (Å²) in [4.78, 5) is -0.242. The fourth-order valence-electron chi connectivity index (χ4n) is 5.38. The summed E-state index contributed by atoms with van der Waals surface area (Å²) in [6, 6.07) is 30.6. The van der Waals surface area contributed by atoms with Gasteiger partial charge in [-0.25, -0.2) is 25.3 Å². The first-order chi connectivity index (χ1) is 22.8. The van der Waals surface area contributed by atoms with Gasteiger partial charge in [-0.05, 0) is 49.2 Å². The van der Waals surface area contributed by atoms with Crippen molar-refractivity contribution in [1.82, 2.24) is 14.3 Å². The van der Waals surface area contributed by atoms with E-state index in [2.05, 4.69) is 10.2 Å². The molecule has 4 aromatic carbocycles. The Hall–Kier alpha value is -4.70. The number of sulfone groups is 1. The summed E-state index contributed by atoms with van der Waals surface area (Å²) in [6.45, 7) is 3.70. The molecule has 0 saturated heterocycles. The van der Waals surface area contributed by atoms with E-state index in [-0.39, 0.29) is 10.8 Å². The second-order valence-corrected chi connectivity index (χ2v) is 17.1. The van der Waals surface area contributed by atoms with E-state index in [1.54, 1.807) is 40.3 Å². The van der Waals surface area contributed by atoms with Gasteiger partial charge in [-0.3, -0.25) is 5.01 Å². The van der Waals surface area contributed by atoms with Gasteiger partial charge in [0.05, 0.1) is 16.3 Å². The largest absolute Gasteiger partial charge is 0.423 e. The summed E-state index contributed by atoms with van der Waals surface area (Å²) < 4.78 is 87.0. The highest BCUT2D eigenvalue weighted by Crippen LogP contribution is 2.41. The van der Waals surface area contributed by atoms with Crippen LogP contribution in [0.25, 0.3) is 0 Å². The van der Waals surface area contributed by atoms with Crippen LogP contribution < -0.4 is 9.14 Å². The minimum atomic E-state index is -4.54. The Balaban J connectivity index is 1.31. The summed E-state index contributed by atoms with van der Waals surface area (Å²) in [6.07, 6.45) is 0. The zero-order valence-corrected chi connectivity index (χ0v) is 28.3.